The summed E-state index contributed by atoms with van der Waals surface area (Å²) in [6, 6.07) is 23.4. The summed E-state index contributed by atoms with van der Waals surface area (Å²) >= 11 is 0. The van der Waals surface area contributed by atoms with Gasteiger partial charge in [-0.3, -0.25) is 24.1 Å². The van der Waals surface area contributed by atoms with E-state index in [9.17, 15) is 24.3 Å². The van der Waals surface area contributed by atoms with Gasteiger partial charge in [-0.1, -0.05) is 72.8 Å². The molecule has 15 nitrogen and oxygen atoms in total. The van der Waals surface area contributed by atoms with Crippen molar-refractivity contribution in [2.75, 3.05) is 20.3 Å². The second-order valence-electron chi connectivity index (χ2n) is 13.2. The molecule has 0 spiro atoms. The Morgan fingerprint density at radius 3 is 1.98 bits per heavy atom. The van der Waals surface area contributed by atoms with E-state index in [4.69, 9.17) is 42.6 Å². The number of hydrogen-bond donors (Lipinski definition) is 1. The number of carbonyl (C=O) groups is 4. The fourth-order valence-electron chi connectivity index (χ4n) is 7.33. The smallest absolute Gasteiger partial charge is 0.303 e. The number of fused-ring (bicyclic) bond motifs is 2. The molecule has 3 aromatic carbocycles. The lowest BCUT2D eigenvalue weighted by Gasteiger charge is -2.51. The van der Waals surface area contributed by atoms with E-state index >= 15 is 0 Å². The summed E-state index contributed by atoms with van der Waals surface area (Å²) in [4.78, 5) is 54.0. The van der Waals surface area contributed by atoms with Crippen LogP contribution in [0, 0.1) is 0 Å². The minimum Gasteiger partial charge on any atom is -0.456 e. The van der Waals surface area contributed by atoms with Crippen LogP contribution in [0.2, 0.25) is 0 Å². The van der Waals surface area contributed by atoms with Crippen molar-refractivity contribution in [1.29, 1.82) is 0 Å². The second kappa shape index (κ2) is 16.4. The molecule has 54 heavy (non-hydrogen) atoms. The van der Waals surface area contributed by atoms with Crippen molar-refractivity contribution >= 4 is 23.8 Å². The van der Waals surface area contributed by atoms with Crippen LogP contribution >= 0.6 is 0 Å². The number of imide groups is 1. The van der Waals surface area contributed by atoms with Gasteiger partial charge in [-0.05, 0) is 17.7 Å². The lowest BCUT2D eigenvalue weighted by Crippen LogP contribution is -2.70. The van der Waals surface area contributed by atoms with Gasteiger partial charge in [0.2, 0.25) is 0 Å². The molecule has 11 atom stereocenters. The zero-order valence-electron chi connectivity index (χ0n) is 29.8. The zero-order chi connectivity index (χ0) is 37.9. The number of carbonyl (C=O) groups excluding carboxylic acids is 4. The van der Waals surface area contributed by atoms with E-state index in [1.807, 2.05) is 60.7 Å². The maximum absolute atomic E-state index is 14.0. The van der Waals surface area contributed by atoms with Crippen LogP contribution < -0.4 is 0 Å². The number of aliphatic hydroxyl groups is 1. The Labute approximate surface area is 310 Å². The number of methoxy groups -OCH3 is 1. The third-order valence-electron chi connectivity index (χ3n) is 9.69. The first-order valence-electron chi connectivity index (χ1n) is 17.6. The lowest BCUT2D eigenvalue weighted by molar-refractivity contribution is -0.390. The Hall–Kier alpha value is -4.58. The van der Waals surface area contributed by atoms with Gasteiger partial charge in [0.15, 0.2) is 31.1 Å². The second-order valence-corrected chi connectivity index (χ2v) is 13.2. The fourth-order valence-corrected chi connectivity index (χ4v) is 7.33. The van der Waals surface area contributed by atoms with Gasteiger partial charge in [0, 0.05) is 26.5 Å². The molecular weight excluding hydrogens is 706 g/mol. The minimum atomic E-state index is -1.63. The summed E-state index contributed by atoms with van der Waals surface area (Å²) in [5, 5.41) is 10.5. The Balaban J connectivity index is 1.29. The number of nitrogens with zero attached hydrogens (tertiary/aromatic N) is 1. The quantitative estimate of drug-likeness (QED) is 0.224. The predicted octanol–water partition coefficient (Wildman–Crippen LogP) is 2.69. The van der Waals surface area contributed by atoms with E-state index in [1.54, 1.807) is 12.1 Å². The SMILES string of the molecule is CO[C@H]1OC2COC(c3ccccc3)O[C@H]2C(OCc2ccccc2)C1O[C@@H]1OC(CO)[C@@H](OC(C)=O)C(OC(C)=O)C1N1C(=O)c2ccccc2C1=O. The van der Waals surface area contributed by atoms with Crippen LogP contribution in [0.25, 0.3) is 0 Å². The molecule has 7 unspecified atom stereocenters. The van der Waals surface area contributed by atoms with Gasteiger partial charge in [-0.25, -0.2) is 0 Å². The fraction of sp³-hybridized carbons (Fsp3) is 0.436. The molecule has 1 N–H and O–H groups in total. The molecule has 2 amide bonds. The lowest BCUT2D eigenvalue weighted by atomic mass is 9.93. The van der Waals surface area contributed by atoms with Gasteiger partial charge in [-0.2, -0.15) is 0 Å². The highest BCUT2D eigenvalue weighted by Gasteiger charge is 2.60. The number of esters is 2. The highest BCUT2D eigenvalue weighted by atomic mass is 16.8. The van der Waals surface area contributed by atoms with Crippen molar-refractivity contribution in [3.05, 3.63) is 107 Å². The standard InChI is InChI=1S/C39H41NO14/c1-21(42)49-30-27(18-41)51-38(29(32(30)50-22(2)43)40-35(44)25-16-10-11-17-26(25)36(40)45)54-34-33(47-19-23-12-6-4-7-13-23)31-28(52-39(34)46-3)20-48-37(53-31)24-14-8-5-9-15-24/h4-17,27-34,37-39,41H,18-20H2,1-3H3/t27?,28?,29?,30-,31-,32?,33?,34?,37?,38+,39+/m1/s1. The van der Waals surface area contributed by atoms with E-state index in [0.717, 1.165) is 29.9 Å². The van der Waals surface area contributed by atoms with Crippen molar-refractivity contribution in [3.63, 3.8) is 0 Å². The van der Waals surface area contributed by atoms with E-state index in [1.165, 1.54) is 19.2 Å². The average molecular weight is 748 g/mol. The van der Waals surface area contributed by atoms with Crippen LogP contribution in [0.15, 0.2) is 84.9 Å². The van der Waals surface area contributed by atoms with Crippen LogP contribution in [0.1, 0.15) is 52.0 Å². The first-order chi connectivity index (χ1) is 26.2. The molecule has 3 saturated heterocycles. The van der Waals surface area contributed by atoms with Gasteiger partial charge in [0.25, 0.3) is 11.8 Å². The van der Waals surface area contributed by atoms with E-state index < -0.39 is 98.0 Å². The Morgan fingerprint density at radius 1 is 0.759 bits per heavy atom. The van der Waals surface area contributed by atoms with Crippen LogP contribution in [-0.4, -0.2) is 115 Å². The summed E-state index contributed by atoms with van der Waals surface area (Å²) < 4.78 is 55.7. The molecule has 286 valence electrons. The maximum Gasteiger partial charge on any atom is 0.303 e. The van der Waals surface area contributed by atoms with Crippen LogP contribution in [0.4, 0.5) is 0 Å². The molecular formula is C39H41NO14. The van der Waals surface area contributed by atoms with Gasteiger partial charge < -0.3 is 47.7 Å². The van der Waals surface area contributed by atoms with Crippen LogP contribution in [0.3, 0.4) is 0 Å². The van der Waals surface area contributed by atoms with Crippen molar-refractivity contribution in [2.45, 2.75) is 88.1 Å². The minimum absolute atomic E-state index is 0.0985. The summed E-state index contributed by atoms with van der Waals surface area (Å²) in [7, 11) is 1.41. The first kappa shape index (κ1) is 37.7. The van der Waals surface area contributed by atoms with Crippen molar-refractivity contribution in [3.8, 4) is 0 Å². The Kier molecular flexibility index (Phi) is 11.5. The van der Waals surface area contributed by atoms with E-state index in [2.05, 4.69) is 0 Å². The Morgan fingerprint density at radius 2 is 1.37 bits per heavy atom. The van der Waals surface area contributed by atoms with Crippen molar-refractivity contribution < 1.29 is 66.9 Å². The maximum atomic E-state index is 14.0. The van der Waals surface area contributed by atoms with Gasteiger partial charge in [0.1, 0.15) is 36.6 Å². The number of hydrogen-bond acceptors (Lipinski definition) is 14. The summed E-state index contributed by atoms with van der Waals surface area (Å²) in [5.74, 6) is -3.05. The third-order valence-corrected chi connectivity index (χ3v) is 9.69. The topological polar surface area (TPSA) is 175 Å². The first-order valence-corrected chi connectivity index (χ1v) is 17.6. The number of amides is 2. The predicted molar refractivity (Wildman–Crippen MR) is 183 cm³/mol. The van der Waals surface area contributed by atoms with E-state index in [-0.39, 0.29) is 24.3 Å². The van der Waals surface area contributed by atoms with Gasteiger partial charge >= 0.3 is 11.9 Å². The number of benzene rings is 3. The summed E-state index contributed by atoms with van der Waals surface area (Å²) in [6.07, 6.45) is -11.5. The molecule has 0 aliphatic carbocycles. The number of aliphatic hydroxyl groups excluding tert-OH is 1. The number of rotatable bonds is 11. The molecule has 0 saturated carbocycles. The Bertz CT molecular complexity index is 1770. The van der Waals surface area contributed by atoms with Crippen LogP contribution in [0.5, 0.6) is 0 Å². The highest BCUT2D eigenvalue weighted by Crippen LogP contribution is 2.40. The molecule has 0 radical (unpaired) electrons. The van der Waals surface area contributed by atoms with Crippen molar-refractivity contribution in [2.24, 2.45) is 0 Å². The van der Waals surface area contributed by atoms with E-state index in [0.29, 0.717) is 0 Å². The monoisotopic (exact) mass is 747 g/mol. The normalized spacial score (nSPS) is 32.1. The average Bonchev–Trinajstić information content (AvgIpc) is 3.43. The van der Waals surface area contributed by atoms with Gasteiger partial charge in [0.05, 0.1) is 30.9 Å². The molecule has 4 aliphatic heterocycles. The molecule has 7 rings (SSSR count). The number of ether oxygens (including phenoxy) is 9. The molecule has 3 aromatic rings. The molecule has 4 heterocycles. The summed E-state index contributed by atoms with van der Waals surface area (Å²) in [5.41, 5.74) is 1.80. The van der Waals surface area contributed by atoms with Crippen molar-refractivity contribution in [1.82, 2.24) is 4.90 Å². The molecule has 0 aromatic heterocycles. The highest BCUT2D eigenvalue weighted by molar-refractivity contribution is 6.21. The van der Waals surface area contributed by atoms with Crippen LogP contribution in [-0.2, 0) is 58.8 Å². The largest absolute Gasteiger partial charge is 0.456 e. The molecule has 0 bridgehead atoms. The summed E-state index contributed by atoms with van der Waals surface area (Å²) in [6.45, 7) is 1.76. The molecule has 15 heteroatoms. The zero-order valence-corrected chi connectivity index (χ0v) is 29.8. The molecule has 3 fully saturated rings. The molecule has 4 aliphatic rings. The third kappa shape index (κ3) is 7.54. The van der Waals surface area contributed by atoms with Gasteiger partial charge in [-0.15, -0.1) is 0 Å².